The number of halogens is 2. The second-order valence-electron chi connectivity index (χ2n) is 7.39. The maximum absolute atomic E-state index is 13.2. The first kappa shape index (κ1) is 25.6. The number of hydrogen-bond acceptors (Lipinski definition) is 6. The van der Waals surface area contributed by atoms with Crippen molar-refractivity contribution in [1.82, 2.24) is 0 Å². The second kappa shape index (κ2) is 11.5. The van der Waals surface area contributed by atoms with E-state index >= 15 is 0 Å². The Kier molecular flexibility index (Phi) is 8.38. The summed E-state index contributed by atoms with van der Waals surface area (Å²) in [6.07, 6.45) is 1.80. The van der Waals surface area contributed by atoms with Crippen LogP contribution in [0, 0.1) is 0 Å². The number of thiocarbonyl (C=S) groups is 1. The van der Waals surface area contributed by atoms with Gasteiger partial charge >= 0.3 is 0 Å². The highest BCUT2D eigenvalue weighted by Crippen LogP contribution is 2.40. The van der Waals surface area contributed by atoms with Gasteiger partial charge in [-0.15, -0.1) is 0 Å². The van der Waals surface area contributed by atoms with E-state index in [2.05, 4.69) is 15.9 Å². The Morgan fingerprint density at radius 2 is 1.80 bits per heavy atom. The summed E-state index contributed by atoms with van der Waals surface area (Å²) in [4.78, 5) is 15.2. The number of anilines is 1. The van der Waals surface area contributed by atoms with E-state index in [0.717, 1.165) is 16.9 Å². The molecule has 0 bridgehead atoms. The van der Waals surface area contributed by atoms with E-state index in [9.17, 15) is 4.79 Å². The molecule has 1 aliphatic rings. The summed E-state index contributed by atoms with van der Waals surface area (Å²) in [5, 5.41) is 0.671. The molecule has 1 heterocycles. The molecule has 0 aromatic heterocycles. The molecule has 5 nitrogen and oxygen atoms in total. The average molecular weight is 591 g/mol. The smallest absolute Gasteiger partial charge is 0.270 e. The summed E-state index contributed by atoms with van der Waals surface area (Å²) < 4.78 is 18.2. The van der Waals surface area contributed by atoms with Crippen LogP contribution in [0.5, 0.6) is 17.2 Å². The Hall–Kier alpha value is -2.52. The molecule has 0 radical (unpaired) electrons. The first-order valence-corrected chi connectivity index (χ1v) is 13.0. The molecular formula is C26H21BrClNO4S2. The fourth-order valence-corrected chi connectivity index (χ4v) is 5.40. The van der Waals surface area contributed by atoms with Crippen molar-refractivity contribution in [2.45, 2.75) is 13.5 Å². The largest absolute Gasteiger partial charge is 0.494 e. The number of carbonyl (C=O) groups excluding carboxylic acids is 1. The lowest BCUT2D eigenvalue weighted by atomic mass is 10.1. The summed E-state index contributed by atoms with van der Waals surface area (Å²) in [6, 6.07) is 18.5. The van der Waals surface area contributed by atoms with E-state index < -0.39 is 0 Å². The van der Waals surface area contributed by atoms with E-state index in [1.807, 2.05) is 67.6 Å². The topological polar surface area (TPSA) is 48.0 Å². The molecule has 3 aromatic rings. The van der Waals surface area contributed by atoms with Crippen LogP contribution in [0.1, 0.15) is 18.1 Å². The normalized spacial score (nSPS) is 14.5. The Morgan fingerprint density at radius 3 is 2.46 bits per heavy atom. The molecule has 1 aliphatic heterocycles. The van der Waals surface area contributed by atoms with Gasteiger partial charge in [-0.25, -0.2) is 0 Å². The third-order valence-electron chi connectivity index (χ3n) is 5.05. The van der Waals surface area contributed by atoms with Gasteiger partial charge in [0.1, 0.15) is 12.4 Å². The molecule has 0 spiro atoms. The zero-order chi connectivity index (χ0) is 24.9. The molecule has 0 N–H and O–H groups in total. The number of methoxy groups -OCH3 is 1. The number of amides is 1. The summed E-state index contributed by atoms with van der Waals surface area (Å²) in [6.45, 7) is 2.85. The molecule has 4 rings (SSSR count). The zero-order valence-corrected chi connectivity index (χ0v) is 22.9. The minimum absolute atomic E-state index is 0.178. The zero-order valence-electron chi connectivity index (χ0n) is 18.9. The van der Waals surface area contributed by atoms with E-state index in [4.69, 9.17) is 38.0 Å². The first-order chi connectivity index (χ1) is 16.9. The summed E-state index contributed by atoms with van der Waals surface area (Å²) in [5.74, 6) is 1.68. The van der Waals surface area contributed by atoms with Crippen LogP contribution in [0.2, 0.25) is 5.02 Å². The maximum atomic E-state index is 13.2. The van der Waals surface area contributed by atoms with Crippen LogP contribution in [0.25, 0.3) is 6.08 Å². The Labute approximate surface area is 227 Å². The lowest BCUT2D eigenvalue weighted by molar-refractivity contribution is -0.113. The number of ether oxygens (including phenoxy) is 3. The fourth-order valence-electron chi connectivity index (χ4n) is 3.40. The van der Waals surface area contributed by atoms with Gasteiger partial charge in [-0.1, -0.05) is 47.7 Å². The third kappa shape index (κ3) is 6.01. The highest BCUT2D eigenvalue weighted by Gasteiger charge is 2.33. The highest BCUT2D eigenvalue weighted by atomic mass is 79.9. The summed E-state index contributed by atoms with van der Waals surface area (Å²) >= 11 is 16.3. The van der Waals surface area contributed by atoms with Gasteiger partial charge in [0, 0.05) is 5.02 Å². The fraction of sp³-hybridized carbons (Fsp3) is 0.154. The lowest BCUT2D eigenvalue weighted by Crippen LogP contribution is -2.27. The molecule has 1 saturated heterocycles. The summed E-state index contributed by atoms with van der Waals surface area (Å²) in [7, 11) is 1.58. The van der Waals surface area contributed by atoms with Crippen molar-refractivity contribution in [2.24, 2.45) is 0 Å². The van der Waals surface area contributed by atoms with E-state index in [-0.39, 0.29) is 5.91 Å². The van der Waals surface area contributed by atoms with Crippen molar-refractivity contribution in [3.05, 3.63) is 86.2 Å². The number of nitrogens with zero attached hydrogens (tertiary/aromatic N) is 1. The van der Waals surface area contributed by atoms with Crippen molar-refractivity contribution in [1.29, 1.82) is 0 Å². The monoisotopic (exact) mass is 589 g/mol. The molecule has 0 saturated carbocycles. The van der Waals surface area contributed by atoms with Gasteiger partial charge in [-0.05, 0) is 88.6 Å². The van der Waals surface area contributed by atoms with Gasteiger partial charge in [-0.2, -0.15) is 0 Å². The van der Waals surface area contributed by atoms with Crippen LogP contribution in [-0.2, 0) is 11.4 Å². The molecule has 0 aliphatic carbocycles. The molecule has 9 heteroatoms. The Bertz CT molecular complexity index is 1280. The number of rotatable bonds is 8. The van der Waals surface area contributed by atoms with Gasteiger partial charge < -0.3 is 14.2 Å². The Balaban J connectivity index is 1.54. The van der Waals surface area contributed by atoms with Crippen LogP contribution in [0.4, 0.5) is 5.69 Å². The number of hydrogen-bond donors (Lipinski definition) is 0. The Morgan fingerprint density at radius 1 is 1.09 bits per heavy atom. The molecular weight excluding hydrogens is 570 g/mol. The van der Waals surface area contributed by atoms with E-state index in [1.165, 1.54) is 16.7 Å². The maximum Gasteiger partial charge on any atom is 0.270 e. The van der Waals surface area contributed by atoms with E-state index in [1.54, 1.807) is 13.2 Å². The van der Waals surface area contributed by atoms with Gasteiger partial charge in [0.25, 0.3) is 5.91 Å². The van der Waals surface area contributed by atoms with Crippen molar-refractivity contribution in [3.8, 4) is 17.2 Å². The SMILES string of the molecule is CCOc1ccc(N2C(=O)/C(=C\c3cc(Br)c(OCc4ccc(Cl)cc4)c(OC)c3)SC2=S)cc1. The minimum atomic E-state index is -0.178. The highest BCUT2D eigenvalue weighted by molar-refractivity contribution is 9.10. The van der Waals surface area contributed by atoms with Crippen LogP contribution in [0.15, 0.2) is 70.0 Å². The molecule has 180 valence electrons. The molecule has 0 atom stereocenters. The molecule has 35 heavy (non-hydrogen) atoms. The third-order valence-corrected chi connectivity index (χ3v) is 7.19. The van der Waals surface area contributed by atoms with E-state index in [0.29, 0.717) is 49.1 Å². The molecule has 0 unspecified atom stereocenters. The van der Waals surface area contributed by atoms with Crippen LogP contribution in [-0.4, -0.2) is 23.9 Å². The minimum Gasteiger partial charge on any atom is -0.494 e. The predicted octanol–water partition coefficient (Wildman–Crippen LogP) is 7.49. The van der Waals surface area contributed by atoms with Crippen molar-refractivity contribution in [3.63, 3.8) is 0 Å². The number of benzene rings is 3. The van der Waals surface area contributed by atoms with Crippen molar-refractivity contribution in [2.75, 3.05) is 18.6 Å². The van der Waals surface area contributed by atoms with Crippen LogP contribution in [0.3, 0.4) is 0 Å². The van der Waals surface area contributed by atoms with Crippen LogP contribution < -0.4 is 19.1 Å². The van der Waals surface area contributed by atoms with Crippen molar-refractivity contribution < 1.29 is 19.0 Å². The lowest BCUT2D eigenvalue weighted by Gasteiger charge is -2.15. The quantitative estimate of drug-likeness (QED) is 0.200. The van der Waals surface area contributed by atoms with Gasteiger partial charge in [0.15, 0.2) is 15.8 Å². The summed E-state index contributed by atoms with van der Waals surface area (Å²) in [5.41, 5.74) is 2.45. The van der Waals surface area contributed by atoms with Gasteiger partial charge in [-0.3, -0.25) is 9.69 Å². The molecule has 1 fully saturated rings. The van der Waals surface area contributed by atoms with Crippen molar-refractivity contribution >= 4 is 73.5 Å². The average Bonchev–Trinajstić information content (AvgIpc) is 3.12. The second-order valence-corrected chi connectivity index (χ2v) is 10.4. The number of thioether (sulfide) groups is 1. The van der Waals surface area contributed by atoms with Gasteiger partial charge in [0.2, 0.25) is 0 Å². The first-order valence-electron chi connectivity index (χ1n) is 10.6. The standard InChI is InChI=1S/C26H21BrClNO4S2/c1-3-32-20-10-8-19(9-11-20)29-25(30)23(35-26(29)34)14-17-12-21(27)24(22(13-17)31-2)33-15-16-4-6-18(28)7-5-16/h4-14H,3,15H2,1-2H3/b23-14+. The van der Waals surface area contributed by atoms with Gasteiger partial charge in [0.05, 0.1) is 28.8 Å². The van der Waals surface area contributed by atoms with Crippen LogP contribution >= 0.6 is 51.5 Å². The predicted molar refractivity (Wildman–Crippen MR) is 150 cm³/mol. The number of carbonyl (C=O) groups is 1. The molecule has 1 amide bonds. The molecule has 3 aromatic carbocycles.